The van der Waals surface area contributed by atoms with E-state index in [-0.39, 0.29) is 0 Å². The summed E-state index contributed by atoms with van der Waals surface area (Å²) < 4.78 is 0. The molecule has 0 fully saturated rings. The Morgan fingerprint density at radius 1 is 0.385 bits per heavy atom. The van der Waals surface area contributed by atoms with Crippen molar-refractivity contribution in [1.82, 2.24) is 0 Å². The van der Waals surface area contributed by atoms with Gasteiger partial charge in [-0.25, -0.2) is 0 Å². The maximum Gasteiger partial charge on any atom is -0.00143 e. The van der Waals surface area contributed by atoms with Gasteiger partial charge in [0.15, 0.2) is 0 Å². The highest BCUT2D eigenvalue weighted by molar-refractivity contribution is 6.30. The topological polar surface area (TPSA) is 0 Å². The van der Waals surface area contributed by atoms with Gasteiger partial charge in [-0.3, -0.25) is 0 Å². The summed E-state index contributed by atoms with van der Waals surface area (Å²) in [5, 5.41) is 10.7. The minimum Gasteiger partial charge on any atom is -0.0622 e. The molecule has 0 bridgehead atoms. The van der Waals surface area contributed by atoms with Crippen LogP contribution in [0.3, 0.4) is 0 Å². The number of hydrogen-bond acceptors (Lipinski definition) is 0. The van der Waals surface area contributed by atoms with E-state index in [1.165, 1.54) is 54.2 Å². The normalized spacial score (nSPS) is 11.8. The minimum atomic E-state index is 1.30. The van der Waals surface area contributed by atoms with E-state index in [0.717, 1.165) is 0 Å². The Balaban J connectivity index is 1.98. The third-order valence-corrected chi connectivity index (χ3v) is 5.58. The van der Waals surface area contributed by atoms with Gasteiger partial charge < -0.3 is 0 Å². The summed E-state index contributed by atoms with van der Waals surface area (Å²) in [6.07, 6.45) is 0. The molecular weight excluding hydrogens is 312 g/mol. The van der Waals surface area contributed by atoms with Crippen molar-refractivity contribution >= 4 is 43.1 Å². The summed E-state index contributed by atoms with van der Waals surface area (Å²) in [5.41, 5.74) is 2.63. The average Bonchev–Trinajstić information content (AvgIpc) is 2.88. The molecular formula is C26H16. The molecule has 0 unspecified atom stereocenters. The molecule has 0 nitrogen and oxygen atoms in total. The van der Waals surface area contributed by atoms with E-state index in [2.05, 4.69) is 97.1 Å². The monoisotopic (exact) mass is 328 g/mol. The number of rotatable bonds is 0. The van der Waals surface area contributed by atoms with Gasteiger partial charge >= 0.3 is 0 Å². The fourth-order valence-electron chi connectivity index (χ4n) is 4.42. The van der Waals surface area contributed by atoms with Gasteiger partial charge in [-0.1, -0.05) is 91.0 Å². The molecule has 0 N–H and O–H groups in total. The van der Waals surface area contributed by atoms with E-state index in [1.807, 2.05) is 0 Å². The lowest BCUT2D eigenvalue weighted by Crippen LogP contribution is -1.82. The van der Waals surface area contributed by atoms with E-state index >= 15 is 0 Å². The van der Waals surface area contributed by atoms with Gasteiger partial charge in [0, 0.05) is 0 Å². The highest BCUT2D eigenvalue weighted by atomic mass is 14.2. The smallest absolute Gasteiger partial charge is 0.00143 e. The zero-order valence-electron chi connectivity index (χ0n) is 14.2. The fourth-order valence-corrected chi connectivity index (χ4v) is 4.42. The second-order valence-electron chi connectivity index (χ2n) is 7.00. The van der Waals surface area contributed by atoms with E-state index in [0.29, 0.717) is 0 Å². The van der Waals surface area contributed by atoms with Crippen LogP contribution < -0.4 is 0 Å². The Hall–Kier alpha value is -3.38. The highest BCUT2D eigenvalue weighted by Gasteiger charge is 2.14. The lowest BCUT2D eigenvalue weighted by atomic mass is 9.93. The summed E-state index contributed by atoms with van der Waals surface area (Å²) in [5.74, 6) is 0. The Kier molecular flexibility index (Phi) is 2.70. The lowest BCUT2D eigenvalue weighted by molar-refractivity contribution is 1.79. The number of benzene rings is 4. The van der Waals surface area contributed by atoms with Crippen molar-refractivity contribution in [3.05, 3.63) is 97.1 Å². The van der Waals surface area contributed by atoms with Crippen molar-refractivity contribution in [2.75, 3.05) is 0 Å². The SMILES string of the molecule is c1ccc2cc3ccc4ccc5ccc6ccccc6c5c4c3c-2cc1. The molecule has 6 rings (SSSR count). The van der Waals surface area contributed by atoms with E-state index < -0.39 is 0 Å². The molecule has 2 aliphatic carbocycles. The highest BCUT2D eigenvalue weighted by Crippen LogP contribution is 2.42. The van der Waals surface area contributed by atoms with Gasteiger partial charge in [0.25, 0.3) is 0 Å². The Morgan fingerprint density at radius 2 is 1.04 bits per heavy atom. The molecule has 0 radical (unpaired) electrons. The summed E-state index contributed by atoms with van der Waals surface area (Å²) in [7, 11) is 0. The van der Waals surface area contributed by atoms with Crippen molar-refractivity contribution < 1.29 is 0 Å². The van der Waals surface area contributed by atoms with E-state index in [9.17, 15) is 0 Å². The van der Waals surface area contributed by atoms with Crippen LogP contribution in [-0.2, 0) is 0 Å². The van der Waals surface area contributed by atoms with Crippen LogP contribution in [0.2, 0.25) is 0 Å². The van der Waals surface area contributed by atoms with Crippen LogP contribution in [0.25, 0.3) is 54.2 Å². The summed E-state index contributed by atoms with van der Waals surface area (Å²) in [4.78, 5) is 0. The zero-order chi connectivity index (χ0) is 17.1. The number of hydrogen-bond donors (Lipinski definition) is 0. The Morgan fingerprint density at radius 3 is 1.92 bits per heavy atom. The molecule has 26 heavy (non-hydrogen) atoms. The maximum atomic E-state index is 2.31. The summed E-state index contributed by atoms with van der Waals surface area (Å²) in [6.45, 7) is 0. The summed E-state index contributed by atoms with van der Waals surface area (Å²) in [6, 6.07) is 35.4. The predicted molar refractivity (Wildman–Crippen MR) is 113 cm³/mol. The fraction of sp³-hybridized carbons (Fsp3) is 0. The molecule has 0 amide bonds. The second-order valence-corrected chi connectivity index (χ2v) is 7.00. The van der Waals surface area contributed by atoms with Crippen molar-refractivity contribution in [3.63, 3.8) is 0 Å². The van der Waals surface area contributed by atoms with Crippen molar-refractivity contribution in [2.45, 2.75) is 0 Å². The number of fused-ring (bicyclic) bond motifs is 9. The molecule has 0 atom stereocenters. The zero-order valence-corrected chi connectivity index (χ0v) is 14.2. The van der Waals surface area contributed by atoms with Crippen molar-refractivity contribution in [1.29, 1.82) is 0 Å². The molecule has 0 spiro atoms. The van der Waals surface area contributed by atoms with Crippen molar-refractivity contribution in [3.8, 4) is 11.1 Å². The van der Waals surface area contributed by atoms with Crippen LogP contribution in [0.5, 0.6) is 0 Å². The Labute approximate surface area is 151 Å². The quantitative estimate of drug-likeness (QED) is 0.255. The Bertz CT molecular complexity index is 1420. The first kappa shape index (κ1) is 13.9. The van der Waals surface area contributed by atoms with E-state index in [1.54, 1.807) is 0 Å². The van der Waals surface area contributed by atoms with Crippen LogP contribution in [0.4, 0.5) is 0 Å². The molecule has 0 heterocycles. The molecule has 0 aromatic heterocycles. The molecule has 2 aliphatic rings. The molecule has 0 saturated carbocycles. The van der Waals surface area contributed by atoms with Gasteiger partial charge in [0.2, 0.25) is 0 Å². The van der Waals surface area contributed by atoms with Gasteiger partial charge in [0.1, 0.15) is 0 Å². The summed E-state index contributed by atoms with van der Waals surface area (Å²) >= 11 is 0. The maximum absolute atomic E-state index is 2.31. The van der Waals surface area contributed by atoms with Crippen LogP contribution >= 0.6 is 0 Å². The first-order valence-electron chi connectivity index (χ1n) is 9.05. The molecule has 0 heteroatoms. The van der Waals surface area contributed by atoms with Crippen LogP contribution in [-0.4, -0.2) is 0 Å². The third kappa shape index (κ3) is 1.79. The third-order valence-electron chi connectivity index (χ3n) is 5.58. The molecule has 120 valence electrons. The largest absolute Gasteiger partial charge is 0.0622 e. The average molecular weight is 328 g/mol. The van der Waals surface area contributed by atoms with Gasteiger partial charge in [-0.2, -0.15) is 0 Å². The standard InChI is InChI=1S/C26H16/c1-2-7-20-16-21-15-14-19-13-12-18-11-10-17-6-4-5-9-22(17)24(18)26(19)25(21)23(20)8-3-1/h1-16H. The van der Waals surface area contributed by atoms with Crippen LogP contribution in [0, 0.1) is 0 Å². The first-order chi connectivity index (χ1) is 12.9. The molecule has 4 aromatic rings. The minimum absolute atomic E-state index is 1.30. The first-order valence-corrected chi connectivity index (χ1v) is 9.05. The molecule has 0 aliphatic heterocycles. The van der Waals surface area contributed by atoms with Crippen LogP contribution in [0.15, 0.2) is 97.1 Å². The second kappa shape index (κ2) is 5.06. The van der Waals surface area contributed by atoms with Gasteiger partial charge in [0.05, 0.1) is 0 Å². The molecule has 4 aromatic carbocycles. The van der Waals surface area contributed by atoms with Crippen LogP contribution in [0.1, 0.15) is 0 Å². The van der Waals surface area contributed by atoms with Crippen molar-refractivity contribution in [2.24, 2.45) is 0 Å². The lowest BCUT2D eigenvalue weighted by Gasteiger charge is -2.10. The van der Waals surface area contributed by atoms with Gasteiger partial charge in [-0.15, -0.1) is 0 Å². The molecule has 0 saturated heterocycles. The van der Waals surface area contributed by atoms with E-state index in [4.69, 9.17) is 0 Å². The van der Waals surface area contributed by atoms with Gasteiger partial charge in [-0.05, 0) is 60.3 Å². The predicted octanol–water partition coefficient (Wildman–Crippen LogP) is 7.40.